The van der Waals surface area contributed by atoms with Crippen molar-refractivity contribution >= 4 is 43.5 Å². The van der Waals surface area contributed by atoms with E-state index in [0.717, 1.165) is 29.4 Å². The molecule has 0 aromatic heterocycles. The molecule has 0 saturated heterocycles. The predicted molar refractivity (Wildman–Crippen MR) is 154 cm³/mol. The first-order valence-corrected chi connectivity index (χ1v) is 15.1. The van der Waals surface area contributed by atoms with Gasteiger partial charge in [-0.15, -0.1) is 0 Å². The van der Waals surface area contributed by atoms with Gasteiger partial charge in [-0.05, 0) is 61.4 Å². The number of unbranched alkanes of at least 4 members (excludes halogenated alkanes) is 1. The second-order valence-electron chi connectivity index (χ2n) is 9.34. The largest absolute Gasteiger partial charge is 0.416 e. The smallest absolute Gasteiger partial charge is 0.354 e. The van der Waals surface area contributed by atoms with Crippen LogP contribution in [0.5, 0.6) is 0 Å². The highest BCUT2D eigenvalue weighted by Gasteiger charge is 2.35. The molecule has 3 aromatic rings. The standard InChI is InChI=1S/C29H31BrF3N3O4S/c1-3-4-16-34-28(38)21(2)35(19-22-10-8-12-24(30)17-22)27(37)20-36(41(39,40)26-14-6-5-7-15-26)25-13-9-11-23(18-25)29(31,32)33/h5-15,17-18,21H,3-4,16,19-20H2,1-2H3,(H,34,38)/t21-/m0/s1. The Morgan fingerprint density at radius 1 is 0.976 bits per heavy atom. The lowest BCUT2D eigenvalue weighted by molar-refractivity contribution is -0.139. The van der Waals surface area contributed by atoms with Gasteiger partial charge in [-0.2, -0.15) is 13.2 Å². The Bertz CT molecular complexity index is 1450. The average molecular weight is 655 g/mol. The maximum absolute atomic E-state index is 13.9. The molecule has 0 saturated carbocycles. The first-order chi connectivity index (χ1) is 19.3. The third-order valence-corrected chi connectivity index (χ3v) is 8.59. The van der Waals surface area contributed by atoms with E-state index in [9.17, 15) is 31.2 Å². The SMILES string of the molecule is CCCCNC(=O)[C@H](C)N(Cc1cccc(Br)c1)C(=O)CN(c1cccc(C(F)(F)F)c1)S(=O)(=O)c1ccccc1. The van der Waals surface area contributed by atoms with E-state index in [2.05, 4.69) is 21.2 Å². The van der Waals surface area contributed by atoms with Crippen molar-refractivity contribution < 1.29 is 31.2 Å². The molecule has 0 aliphatic carbocycles. The van der Waals surface area contributed by atoms with Crippen LogP contribution in [0.25, 0.3) is 0 Å². The molecule has 1 N–H and O–H groups in total. The lowest BCUT2D eigenvalue weighted by atomic mass is 10.1. The van der Waals surface area contributed by atoms with E-state index in [1.807, 2.05) is 6.92 Å². The molecule has 1 atom stereocenters. The number of benzene rings is 3. The zero-order chi connectivity index (χ0) is 30.2. The molecule has 0 aliphatic heterocycles. The van der Waals surface area contributed by atoms with Gasteiger partial charge in [0.15, 0.2) is 0 Å². The summed E-state index contributed by atoms with van der Waals surface area (Å²) in [7, 11) is -4.48. The minimum absolute atomic E-state index is 0.0392. The van der Waals surface area contributed by atoms with E-state index < -0.39 is 46.2 Å². The molecule has 7 nitrogen and oxygen atoms in total. The number of hydrogen-bond donors (Lipinski definition) is 1. The molecule has 0 aliphatic rings. The highest BCUT2D eigenvalue weighted by atomic mass is 79.9. The third-order valence-electron chi connectivity index (χ3n) is 6.31. The highest BCUT2D eigenvalue weighted by Crippen LogP contribution is 2.33. The molecule has 0 heterocycles. The lowest BCUT2D eigenvalue weighted by Crippen LogP contribution is -2.51. The number of carbonyl (C=O) groups is 2. The van der Waals surface area contributed by atoms with Gasteiger partial charge in [0.2, 0.25) is 11.8 Å². The maximum atomic E-state index is 13.9. The minimum atomic E-state index is -4.74. The topological polar surface area (TPSA) is 86.8 Å². The Hall–Kier alpha value is -3.38. The number of nitrogens with zero attached hydrogens (tertiary/aromatic N) is 2. The van der Waals surface area contributed by atoms with Crippen LogP contribution in [-0.2, 0) is 32.3 Å². The van der Waals surface area contributed by atoms with Crippen LogP contribution in [0.2, 0.25) is 0 Å². The Morgan fingerprint density at radius 2 is 1.66 bits per heavy atom. The number of hydrogen-bond acceptors (Lipinski definition) is 4. The molecule has 0 fully saturated rings. The second-order valence-corrected chi connectivity index (χ2v) is 12.1. The van der Waals surface area contributed by atoms with Crippen molar-refractivity contribution in [1.29, 1.82) is 0 Å². The van der Waals surface area contributed by atoms with Gasteiger partial charge < -0.3 is 10.2 Å². The number of rotatable bonds is 12. The van der Waals surface area contributed by atoms with Gasteiger partial charge in [0, 0.05) is 17.6 Å². The normalized spacial score (nSPS) is 12.4. The van der Waals surface area contributed by atoms with Crippen LogP contribution < -0.4 is 9.62 Å². The van der Waals surface area contributed by atoms with Gasteiger partial charge in [0.1, 0.15) is 12.6 Å². The van der Waals surface area contributed by atoms with Gasteiger partial charge in [-0.3, -0.25) is 13.9 Å². The van der Waals surface area contributed by atoms with Gasteiger partial charge in [-0.1, -0.05) is 65.7 Å². The van der Waals surface area contributed by atoms with Gasteiger partial charge in [0.05, 0.1) is 16.1 Å². The molecule has 0 bridgehead atoms. The number of nitrogens with one attached hydrogen (secondary N) is 1. The van der Waals surface area contributed by atoms with E-state index in [1.165, 1.54) is 42.2 Å². The fourth-order valence-electron chi connectivity index (χ4n) is 4.04. The van der Waals surface area contributed by atoms with Crippen LogP contribution in [0, 0.1) is 0 Å². The molecular formula is C29H31BrF3N3O4S. The van der Waals surface area contributed by atoms with Crippen LogP contribution in [-0.4, -0.2) is 44.3 Å². The van der Waals surface area contributed by atoms with Gasteiger partial charge in [0.25, 0.3) is 10.0 Å². The van der Waals surface area contributed by atoms with Crippen molar-refractivity contribution in [3.05, 3.63) is 94.5 Å². The summed E-state index contributed by atoms with van der Waals surface area (Å²) < 4.78 is 69.5. The first kappa shape index (κ1) is 32.1. The van der Waals surface area contributed by atoms with E-state index >= 15 is 0 Å². The van der Waals surface area contributed by atoms with Crippen LogP contribution in [0.15, 0.2) is 88.2 Å². The van der Waals surface area contributed by atoms with E-state index in [-0.39, 0.29) is 17.1 Å². The number of amides is 2. The summed E-state index contributed by atoms with van der Waals surface area (Å²) in [6.07, 6.45) is -3.16. The van der Waals surface area contributed by atoms with E-state index in [0.29, 0.717) is 22.5 Å². The summed E-state index contributed by atoms with van der Waals surface area (Å²) in [6, 6.07) is 17.0. The van der Waals surface area contributed by atoms with E-state index in [1.54, 1.807) is 30.3 Å². The van der Waals surface area contributed by atoms with Crippen molar-refractivity contribution in [2.45, 2.75) is 50.3 Å². The quantitative estimate of drug-likeness (QED) is 0.243. The highest BCUT2D eigenvalue weighted by molar-refractivity contribution is 9.10. The summed E-state index contributed by atoms with van der Waals surface area (Å²) in [6.45, 7) is 3.02. The zero-order valence-electron chi connectivity index (χ0n) is 22.6. The zero-order valence-corrected chi connectivity index (χ0v) is 25.0. The third kappa shape index (κ3) is 8.56. The second kappa shape index (κ2) is 14.0. The molecule has 2 amide bonds. The Balaban J connectivity index is 2.05. The van der Waals surface area contributed by atoms with Crippen LogP contribution in [0.1, 0.15) is 37.8 Å². The average Bonchev–Trinajstić information content (AvgIpc) is 2.94. The summed E-state index contributed by atoms with van der Waals surface area (Å²) in [5.41, 5.74) is -0.734. The Morgan fingerprint density at radius 3 is 2.29 bits per heavy atom. The molecule has 12 heteroatoms. The Kier molecular flexibility index (Phi) is 11.0. The molecule has 41 heavy (non-hydrogen) atoms. The van der Waals surface area contributed by atoms with Crippen LogP contribution in [0.4, 0.5) is 18.9 Å². The number of anilines is 1. The molecule has 220 valence electrons. The monoisotopic (exact) mass is 653 g/mol. The van der Waals surface area contributed by atoms with Crippen molar-refractivity contribution in [3.8, 4) is 0 Å². The molecular weight excluding hydrogens is 623 g/mol. The van der Waals surface area contributed by atoms with Crippen molar-refractivity contribution in [2.24, 2.45) is 0 Å². The predicted octanol–water partition coefficient (Wildman–Crippen LogP) is 6.00. The lowest BCUT2D eigenvalue weighted by Gasteiger charge is -2.32. The van der Waals surface area contributed by atoms with Crippen LogP contribution >= 0.6 is 15.9 Å². The van der Waals surface area contributed by atoms with Gasteiger partial charge in [-0.25, -0.2) is 8.42 Å². The molecule has 0 spiro atoms. The fourth-order valence-corrected chi connectivity index (χ4v) is 5.91. The summed E-state index contributed by atoms with van der Waals surface area (Å²) >= 11 is 3.38. The summed E-state index contributed by atoms with van der Waals surface area (Å²) in [5, 5.41) is 2.78. The maximum Gasteiger partial charge on any atom is 0.416 e. The van der Waals surface area contributed by atoms with Gasteiger partial charge >= 0.3 is 6.18 Å². The molecule has 0 radical (unpaired) electrons. The number of sulfonamides is 1. The van der Waals surface area contributed by atoms with Crippen molar-refractivity contribution in [1.82, 2.24) is 10.2 Å². The van der Waals surface area contributed by atoms with Crippen LogP contribution in [0.3, 0.4) is 0 Å². The first-order valence-electron chi connectivity index (χ1n) is 12.9. The summed E-state index contributed by atoms with van der Waals surface area (Å²) in [4.78, 5) is 27.9. The molecule has 3 rings (SSSR count). The minimum Gasteiger partial charge on any atom is -0.354 e. The van der Waals surface area contributed by atoms with Crippen molar-refractivity contribution in [3.63, 3.8) is 0 Å². The Labute approximate surface area is 246 Å². The number of carbonyl (C=O) groups excluding carboxylic acids is 2. The van der Waals surface area contributed by atoms with Crippen molar-refractivity contribution in [2.75, 3.05) is 17.4 Å². The molecule has 0 unspecified atom stereocenters. The summed E-state index contributed by atoms with van der Waals surface area (Å²) in [5.74, 6) is -1.20. The number of alkyl halides is 3. The van der Waals surface area contributed by atoms with E-state index in [4.69, 9.17) is 0 Å². The fraction of sp³-hybridized carbons (Fsp3) is 0.310. The number of halogens is 4. The molecule has 3 aromatic carbocycles.